The van der Waals surface area contributed by atoms with E-state index in [4.69, 9.17) is 9.84 Å². The Labute approximate surface area is 127 Å². The first kappa shape index (κ1) is 17.6. The molecule has 0 aliphatic heterocycles. The van der Waals surface area contributed by atoms with Crippen LogP contribution < -0.4 is 0 Å². The summed E-state index contributed by atoms with van der Waals surface area (Å²) in [4.78, 5) is 15.9. The molecule has 0 spiro atoms. The van der Waals surface area contributed by atoms with Crippen molar-refractivity contribution in [3.63, 3.8) is 0 Å². The van der Waals surface area contributed by atoms with Gasteiger partial charge in [-0.3, -0.25) is 9.69 Å². The molecule has 1 amide bonds. The molecule has 0 aliphatic carbocycles. The Morgan fingerprint density at radius 1 is 1.29 bits per heavy atom. The van der Waals surface area contributed by atoms with Crippen LogP contribution in [0.4, 0.5) is 0 Å². The number of nitrogens with zero attached hydrogens (tertiary/aromatic N) is 2. The molecule has 5 nitrogen and oxygen atoms in total. The maximum atomic E-state index is 12.3. The number of methoxy groups -OCH3 is 1. The van der Waals surface area contributed by atoms with E-state index in [9.17, 15) is 4.79 Å². The molecule has 5 heteroatoms. The van der Waals surface area contributed by atoms with E-state index in [1.165, 1.54) is 5.56 Å². The van der Waals surface area contributed by atoms with Crippen LogP contribution in [-0.2, 0) is 16.1 Å². The first-order valence-electron chi connectivity index (χ1n) is 7.19. The topological polar surface area (TPSA) is 53.0 Å². The number of carbonyl (C=O) groups is 1. The summed E-state index contributed by atoms with van der Waals surface area (Å²) in [7, 11) is 3.44. The molecule has 1 N–H and O–H groups in total. The van der Waals surface area contributed by atoms with Crippen molar-refractivity contribution in [3.05, 3.63) is 35.4 Å². The number of aryl methyl sites for hydroxylation is 1. The summed E-state index contributed by atoms with van der Waals surface area (Å²) >= 11 is 0. The van der Waals surface area contributed by atoms with Gasteiger partial charge in [-0.05, 0) is 18.1 Å². The Morgan fingerprint density at radius 2 is 2.00 bits per heavy atom. The van der Waals surface area contributed by atoms with Gasteiger partial charge in [0, 0.05) is 33.8 Å². The highest BCUT2D eigenvalue weighted by molar-refractivity contribution is 5.78. The molecule has 1 aromatic rings. The van der Waals surface area contributed by atoms with Gasteiger partial charge in [0.25, 0.3) is 0 Å². The van der Waals surface area contributed by atoms with E-state index in [1.807, 2.05) is 43.1 Å². The second-order valence-corrected chi connectivity index (χ2v) is 5.17. The van der Waals surface area contributed by atoms with Crippen molar-refractivity contribution >= 4 is 5.91 Å². The van der Waals surface area contributed by atoms with E-state index < -0.39 is 0 Å². The van der Waals surface area contributed by atoms with E-state index in [0.717, 1.165) is 5.56 Å². The number of amides is 1. The van der Waals surface area contributed by atoms with Crippen LogP contribution in [0, 0.1) is 6.92 Å². The number of hydrogen-bond donors (Lipinski definition) is 1. The Balaban J connectivity index is 2.54. The number of aliphatic hydroxyl groups is 1. The lowest BCUT2D eigenvalue weighted by Crippen LogP contribution is -2.40. The third-order valence-corrected chi connectivity index (χ3v) is 3.48. The normalized spacial score (nSPS) is 10.9. The van der Waals surface area contributed by atoms with Crippen LogP contribution in [0.3, 0.4) is 0 Å². The van der Waals surface area contributed by atoms with Crippen LogP contribution in [0.2, 0.25) is 0 Å². The van der Waals surface area contributed by atoms with E-state index >= 15 is 0 Å². The molecule has 0 aliphatic rings. The Kier molecular flexibility index (Phi) is 7.97. The molecule has 0 fully saturated rings. The summed E-state index contributed by atoms with van der Waals surface area (Å²) in [6.45, 7) is 4.65. The predicted octanol–water partition coefficient (Wildman–Crippen LogP) is 0.894. The fraction of sp³-hybridized carbons (Fsp3) is 0.562. The molecule has 0 heterocycles. The van der Waals surface area contributed by atoms with Gasteiger partial charge >= 0.3 is 0 Å². The zero-order valence-electron chi connectivity index (χ0n) is 13.2. The molecule has 0 aromatic heterocycles. The lowest BCUT2D eigenvalue weighted by atomic mass is 10.1. The zero-order valence-corrected chi connectivity index (χ0v) is 13.2. The Morgan fingerprint density at radius 3 is 2.62 bits per heavy atom. The standard InChI is InChI=1S/C16H26N2O3/c1-14-6-4-5-7-15(14)12-17(2)16(20)13-18(8-10-19)9-11-21-3/h4-7,19H,8-13H2,1-3H3. The summed E-state index contributed by atoms with van der Waals surface area (Å²) in [5.41, 5.74) is 2.34. The highest BCUT2D eigenvalue weighted by Crippen LogP contribution is 2.09. The minimum atomic E-state index is 0.0402. The van der Waals surface area contributed by atoms with Gasteiger partial charge in [-0.2, -0.15) is 0 Å². The first-order valence-corrected chi connectivity index (χ1v) is 7.19. The zero-order chi connectivity index (χ0) is 15.7. The second-order valence-electron chi connectivity index (χ2n) is 5.17. The maximum Gasteiger partial charge on any atom is 0.236 e. The fourth-order valence-electron chi connectivity index (χ4n) is 2.07. The van der Waals surface area contributed by atoms with Crippen molar-refractivity contribution in [2.75, 3.05) is 47.0 Å². The fourth-order valence-corrected chi connectivity index (χ4v) is 2.07. The highest BCUT2D eigenvalue weighted by atomic mass is 16.5. The molecule has 0 saturated carbocycles. The minimum Gasteiger partial charge on any atom is -0.395 e. The van der Waals surface area contributed by atoms with Gasteiger partial charge in [0.15, 0.2) is 0 Å². The van der Waals surface area contributed by atoms with Crippen molar-refractivity contribution in [1.29, 1.82) is 0 Å². The highest BCUT2D eigenvalue weighted by Gasteiger charge is 2.14. The molecule has 0 bridgehead atoms. The van der Waals surface area contributed by atoms with E-state index in [-0.39, 0.29) is 12.5 Å². The molecule has 1 aromatic carbocycles. The van der Waals surface area contributed by atoms with Crippen molar-refractivity contribution in [3.8, 4) is 0 Å². The Hall–Kier alpha value is -1.43. The third kappa shape index (κ3) is 6.25. The molecule has 0 radical (unpaired) electrons. The summed E-state index contributed by atoms with van der Waals surface area (Å²) in [6.07, 6.45) is 0. The summed E-state index contributed by atoms with van der Waals surface area (Å²) in [5.74, 6) is 0.0443. The lowest BCUT2D eigenvalue weighted by Gasteiger charge is -2.24. The average molecular weight is 294 g/mol. The SMILES string of the molecule is COCCN(CCO)CC(=O)N(C)Cc1ccccc1C. The summed E-state index contributed by atoms with van der Waals surface area (Å²) < 4.78 is 5.02. The second kappa shape index (κ2) is 9.50. The first-order chi connectivity index (χ1) is 10.1. The van der Waals surface area contributed by atoms with Crippen LogP contribution in [0.5, 0.6) is 0 Å². The number of likely N-dealkylation sites (N-methyl/N-ethyl adjacent to an activating group) is 1. The lowest BCUT2D eigenvalue weighted by molar-refractivity contribution is -0.131. The van der Waals surface area contributed by atoms with Gasteiger partial charge in [-0.15, -0.1) is 0 Å². The maximum absolute atomic E-state index is 12.3. The third-order valence-electron chi connectivity index (χ3n) is 3.48. The molecule has 0 atom stereocenters. The van der Waals surface area contributed by atoms with Crippen LogP contribution in [0.25, 0.3) is 0 Å². The summed E-state index contributed by atoms with van der Waals surface area (Å²) in [6, 6.07) is 8.06. The van der Waals surface area contributed by atoms with Crippen LogP contribution in [0.15, 0.2) is 24.3 Å². The van der Waals surface area contributed by atoms with Crippen molar-refractivity contribution in [2.24, 2.45) is 0 Å². The number of ether oxygens (including phenoxy) is 1. The predicted molar refractivity (Wildman–Crippen MR) is 83.1 cm³/mol. The van der Waals surface area contributed by atoms with Gasteiger partial charge < -0.3 is 14.7 Å². The van der Waals surface area contributed by atoms with Crippen molar-refractivity contribution in [2.45, 2.75) is 13.5 Å². The van der Waals surface area contributed by atoms with Gasteiger partial charge in [-0.25, -0.2) is 0 Å². The van der Waals surface area contributed by atoms with Gasteiger partial charge in [-0.1, -0.05) is 24.3 Å². The molecule has 21 heavy (non-hydrogen) atoms. The molecule has 0 unspecified atom stereocenters. The van der Waals surface area contributed by atoms with Gasteiger partial charge in [0.05, 0.1) is 19.8 Å². The monoisotopic (exact) mass is 294 g/mol. The average Bonchev–Trinajstić information content (AvgIpc) is 2.47. The van der Waals surface area contributed by atoms with Crippen molar-refractivity contribution < 1.29 is 14.6 Å². The van der Waals surface area contributed by atoms with Crippen LogP contribution in [0.1, 0.15) is 11.1 Å². The van der Waals surface area contributed by atoms with Gasteiger partial charge in [0.1, 0.15) is 0 Å². The quantitative estimate of drug-likeness (QED) is 0.735. The number of rotatable bonds is 9. The number of carbonyl (C=O) groups excluding carboxylic acids is 1. The summed E-state index contributed by atoms with van der Waals surface area (Å²) in [5, 5.41) is 9.05. The Bertz CT molecular complexity index is 437. The van der Waals surface area contributed by atoms with E-state index in [0.29, 0.717) is 32.8 Å². The molecule has 0 saturated heterocycles. The van der Waals surface area contributed by atoms with Crippen molar-refractivity contribution in [1.82, 2.24) is 9.80 Å². The largest absolute Gasteiger partial charge is 0.395 e. The smallest absolute Gasteiger partial charge is 0.236 e. The molecule has 118 valence electrons. The van der Waals surface area contributed by atoms with Crippen LogP contribution in [-0.4, -0.2) is 67.8 Å². The minimum absolute atomic E-state index is 0.0402. The number of hydrogen-bond acceptors (Lipinski definition) is 4. The molecular weight excluding hydrogens is 268 g/mol. The molecule has 1 rings (SSSR count). The van der Waals surface area contributed by atoms with E-state index in [2.05, 4.69) is 0 Å². The van der Waals surface area contributed by atoms with Crippen LogP contribution >= 0.6 is 0 Å². The van der Waals surface area contributed by atoms with Gasteiger partial charge in [0.2, 0.25) is 5.91 Å². The number of benzene rings is 1. The molecular formula is C16H26N2O3. The number of aliphatic hydroxyl groups excluding tert-OH is 1. The van der Waals surface area contributed by atoms with E-state index in [1.54, 1.807) is 12.0 Å².